The minimum Gasteiger partial charge on any atom is -0.383 e. The Bertz CT molecular complexity index is 863. The maximum Gasteiger partial charge on any atom is 0.392 e. The van der Waals surface area contributed by atoms with Gasteiger partial charge in [0.2, 0.25) is 0 Å². The molecule has 0 saturated carbocycles. The molecule has 0 atom stereocenters. The fourth-order valence-corrected chi connectivity index (χ4v) is 2.65. The molecule has 0 aliphatic carbocycles. The molecule has 0 amide bonds. The Balaban J connectivity index is 2.05. The van der Waals surface area contributed by atoms with Crippen LogP contribution in [-0.4, -0.2) is 22.3 Å². The van der Waals surface area contributed by atoms with E-state index >= 15 is 0 Å². The van der Waals surface area contributed by atoms with Crippen LogP contribution < -0.4 is 21.7 Å². The zero-order valence-electron chi connectivity index (χ0n) is 12.3. The standard InChI is InChI=1S/C16H16F3N3O/c17-16(18,19)7-6-12-15(23)22-9-8-20-13(14(22)21-12)10-11-4-2-1-3-5-11/h1-6,20-21H,7-10H2/b12-6-. The predicted octanol–water partition coefficient (Wildman–Crippen LogP) is 0.863. The Kier molecular flexibility index (Phi) is 4.02. The quantitative estimate of drug-likeness (QED) is 0.880. The highest BCUT2D eigenvalue weighted by atomic mass is 19.4. The zero-order valence-corrected chi connectivity index (χ0v) is 12.3. The maximum absolute atomic E-state index is 12.3. The largest absolute Gasteiger partial charge is 0.392 e. The van der Waals surface area contributed by atoms with Crippen LogP contribution in [0.4, 0.5) is 13.2 Å². The molecule has 1 aromatic carbocycles. The molecule has 0 fully saturated rings. The highest BCUT2D eigenvalue weighted by Gasteiger charge is 2.25. The van der Waals surface area contributed by atoms with Gasteiger partial charge in [-0.3, -0.25) is 9.36 Å². The molecule has 0 unspecified atom stereocenters. The molecule has 0 bridgehead atoms. The van der Waals surface area contributed by atoms with Gasteiger partial charge in [-0.2, -0.15) is 13.2 Å². The van der Waals surface area contributed by atoms with Gasteiger partial charge in [-0.05, 0) is 11.6 Å². The number of imidazole rings is 1. The lowest BCUT2D eigenvalue weighted by atomic mass is 10.1. The molecule has 2 N–H and O–H groups in total. The normalized spacial score (nSPS) is 15.4. The number of H-pyrrole nitrogens is 1. The molecule has 1 aliphatic rings. The summed E-state index contributed by atoms with van der Waals surface area (Å²) in [7, 11) is 0. The molecule has 0 spiro atoms. The predicted molar refractivity (Wildman–Crippen MR) is 81.0 cm³/mol. The van der Waals surface area contributed by atoms with Crippen LogP contribution in [0.5, 0.6) is 0 Å². The zero-order chi connectivity index (χ0) is 16.4. The van der Waals surface area contributed by atoms with Gasteiger partial charge in [0, 0.05) is 19.5 Å². The first-order chi connectivity index (χ1) is 10.9. The molecule has 1 aliphatic heterocycles. The average molecular weight is 323 g/mol. The number of nitrogens with zero attached hydrogens (tertiary/aromatic N) is 1. The molecule has 0 radical (unpaired) electrons. The van der Waals surface area contributed by atoms with Crippen molar-refractivity contribution in [2.24, 2.45) is 0 Å². The van der Waals surface area contributed by atoms with Crippen molar-refractivity contribution in [2.45, 2.75) is 25.6 Å². The minimum atomic E-state index is -4.32. The van der Waals surface area contributed by atoms with Crippen molar-refractivity contribution in [3.05, 3.63) is 57.1 Å². The first kappa shape index (κ1) is 15.5. The van der Waals surface area contributed by atoms with Gasteiger partial charge in [-0.15, -0.1) is 0 Å². The van der Waals surface area contributed by atoms with Crippen molar-refractivity contribution in [1.82, 2.24) is 14.9 Å². The molecular formula is C16H16F3N3O. The number of rotatable bonds is 3. The number of fused-ring (bicyclic) bond motifs is 1. The van der Waals surface area contributed by atoms with Crippen molar-refractivity contribution in [3.8, 4) is 0 Å². The van der Waals surface area contributed by atoms with Crippen molar-refractivity contribution < 1.29 is 13.2 Å². The van der Waals surface area contributed by atoms with Crippen LogP contribution in [-0.2, 0) is 13.0 Å². The van der Waals surface area contributed by atoms with E-state index in [2.05, 4.69) is 10.3 Å². The first-order valence-electron chi connectivity index (χ1n) is 7.31. The Morgan fingerprint density at radius 1 is 1.22 bits per heavy atom. The summed E-state index contributed by atoms with van der Waals surface area (Å²) in [5.41, 5.74) is 2.02. The Morgan fingerprint density at radius 3 is 2.65 bits per heavy atom. The van der Waals surface area contributed by atoms with Gasteiger partial charge in [0.1, 0.15) is 10.8 Å². The van der Waals surface area contributed by atoms with Crippen molar-refractivity contribution in [3.63, 3.8) is 0 Å². The fraction of sp³-hybridized carbons (Fsp3) is 0.312. The van der Waals surface area contributed by atoms with E-state index in [9.17, 15) is 18.0 Å². The first-order valence-corrected chi connectivity index (χ1v) is 7.31. The number of aromatic nitrogens is 2. The molecule has 3 rings (SSSR count). The summed E-state index contributed by atoms with van der Waals surface area (Å²) in [6.07, 6.45) is -3.95. The summed E-state index contributed by atoms with van der Waals surface area (Å²) in [6, 6.07) is 9.68. The maximum atomic E-state index is 12.3. The second-order valence-corrected chi connectivity index (χ2v) is 5.44. The summed E-state index contributed by atoms with van der Waals surface area (Å²) in [4.78, 5) is 15.1. The van der Waals surface area contributed by atoms with Crippen molar-refractivity contribution in [2.75, 3.05) is 6.54 Å². The third kappa shape index (κ3) is 3.49. The molecule has 0 saturated heterocycles. The van der Waals surface area contributed by atoms with E-state index < -0.39 is 18.2 Å². The molecule has 2 heterocycles. The molecule has 23 heavy (non-hydrogen) atoms. The second kappa shape index (κ2) is 5.98. The summed E-state index contributed by atoms with van der Waals surface area (Å²) < 4.78 is 38.5. The summed E-state index contributed by atoms with van der Waals surface area (Å²) in [5, 5.41) is 3.22. The fourth-order valence-electron chi connectivity index (χ4n) is 2.65. The van der Waals surface area contributed by atoms with Crippen LogP contribution in [0.25, 0.3) is 11.8 Å². The number of hydrogen-bond acceptors (Lipinski definition) is 2. The van der Waals surface area contributed by atoms with Crippen molar-refractivity contribution in [1.29, 1.82) is 0 Å². The molecule has 2 aromatic rings. The van der Waals surface area contributed by atoms with Gasteiger partial charge in [0.15, 0.2) is 0 Å². The number of alkyl halides is 3. The van der Waals surface area contributed by atoms with E-state index in [1.165, 1.54) is 4.57 Å². The number of benzene rings is 1. The number of nitrogens with one attached hydrogen (secondary N) is 2. The van der Waals surface area contributed by atoms with Crippen LogP contribution in [0.2, 0.25) is 0 Å². The summed E-state index contributed by atoms with van der Waals surface area (Å²) in [6.45, 7) is 1.01. The summed E-state index contributed by atoms with van der Waals surface area (Å²) in [5.74, 6) is 0. The van der Waals surface area contributed by atoms with E-state index in [4.69, 9.17) is 0 Å². The lowest BCUT2D eigenvalue weighted by Crippen LogP contribution is -2.42. The molecular weight excluding hydrogens is 307 g/mol. The minimum absolute atomic E-state index is 0.00779. The third-order valence-corrected chi connectivity index (χ3v) is 3.72. The van der Waals surface area contributed by atoms with Gasteiger partial charge in [-0.1, -0.05) is 30.3 Å². The smallest absolute Gasteiger partial charge is 0.383 e. The van der Waals surface area contributed by atoms with Gasteiger partial charge in [0.25, 0.3) is 5.56 Å². The van der Waals surface area contributed by atoms with Crippen LogP contribution >= 0.6 is 0 Å². The SMILES string of the molecule is O=c1/c(=C/CC(F)(F)F)[nH]c2n1CCNC=2Cc1ccccc1. The van der Waals surface area contributed by atoms with Crippen LogP contribution in [0.3, 0.4) is 0 Å². The van der Waals surface area contributed by atoms with Gasteiger partial charge < -0.3 is 10.3 Å². The summed E-state index contributed by atoms with van der Waals surface area (Å²) >= 11 is 0. The average Bonchev–Trinajstić information content (AvgIpc) is 2.84. The molecule has 122 valence electrons. The van der Waals surface area contributed by atoms with E-state index in [0.717, 1.165) is 17.3 Å². The third-order valence-electron chi connectivity index (χ3n) is 3.72. The van der Waals surface area contributed by atoms with Crippen LogP contribution in [0.15, 0.2) is 35.1 Å². The van der Waals surface area contributed by atoms with Gasteiger partial charge in [-0.25, -0.2) is 0 Å². The lowest BCUT2D eigenvalue weighted by molar-refractivity contribution is -0.122. The number of aromatic amines is 1. The Morgan fingerprint density at radius 2 is 1.96 bits per heavy atom. The van der Waals surface area contributed by atoms with E-state index in [1.807, 2.05) is 30.3 Å². The van der Waals surface area contributed by atoms with E-state index in [0.29, 0.717) is 25.0 Å². The van der Waals surface area contributed by atoms with Gasteiger partial charge in [0.05, 0.1) is 12.1 Å². The monoisotopic (exact) mass is 323 g/mol. The van der Waals surface area contributed by atoms with Crippen molar-refractivity contribution >= 4 is 11.8 Å². The Labute approximate surface area is 130 Å². The topological polar surface area (TPSA) is 49.8 Å². The van der Waals surface area contributed by atoms with Gasteiger partial charge >= 0.3 is 6.18 Å². The highest BCUT2D eigenvalue weighted by molar-refractivity contribution is 5.45. The number of halogens is 3. The number of hydrogen-bond donors (Lipinski definition) is 2. The van der Waals surface area contributed by atoms with E-state index in [-0.39, 0.29) is 5.35 Å². The molecule has 7 heteroatoms. The van der Waals surface area contributed by atoms with Crippen LogP contribution in [0, 0.1) is 0 Å². The molecule has 1 aromatic heterocycles. The van der Waals surface area contributed by atoms with E-state index in [1.54, 1.807) is 0 Å². The lowest BCUT2D eigenvalue weighted by Gasteiger charge is -2.17. The highest BCUT2D eigenvalue weighted by Crippen LogP contribution is 2.19. The van der Waals surface area contributed by atoms with Crippen LogP contribution in [0.1, 0.15) is 12.0 Å². The Hall–Kier alpha value is -2.44. The second-order valence-electron chi connectivity index (χ2n) is 5.44. The molecule has 4 nitrogen and oxygen atoms in total.